The molecule has 0 saturated heterocycles. The van der Waals surface area contributed by atoms with Gasteiger partial charge in [0.2, 0.25) is 0 Å². The minimum atomic E-state index is 0.186. The first-order valence-corrected chi connectivity index (χ1v) is 5.34. The fraction of sp³-hybridized carbons (Fsp3) is 0.500. The Kier molecular flexibility index (Phi) is 2.71. The monoisotopic (exact) mass is 207 g/mol. The van der Waals surface area contributed by atoms with Gasteiger partial charge in [0, 0.05) is 17.8 Å². The molecule has 2 N–H and O–H groups in total. The minimum absolute atomic E-state index is 0.186. The molecule has 0 aliphatic heterocycles. The van der Waals surface area contributed by atoms with Crippen LogP contribution >= 0.6 is 0 Å². The summed E-state index contributed by atoms with van der Waals surface area (Å²) >= 11 is 0. The van der Waals surface area contributed by atoms with Crippen LogP contribution < -0.4 is 10.1 Å². The van der Waals surface area contributed by atoms with Crippen LogP contribution in [0.2, 0.25) is 0 Å². The number of anilines is 1. The summed E-state index contributed by atoms with van der Waals surface area (Å²) in [6.45, 7) is 2.18. The van der Waals surface area contributed by atoms with E-state index < -0.39 is 0 Å². The SMILES string of the molecule is COc1ccc(NC(C)C2CC2)cc1O. The zero-order valence-electron chi connectivity index (χ0n) is 9.16. The second-order valence-corrected chi connectivity index (χ2v) is 4.16. The van der Waals surface area contributed by atoms with Crippen LogP contribution in [0.4, 0.5) is 5.69 Å². The van der Waals surface area contributed by atoms with Crippen LogP contribution in [0.3, 0.4) is 0 Å². The van der Waals surface area contributed by atoms with Gasteiger partial charge in [0.1, 0.15) is 0 Å². The van der Waals surface area contributed by atoms with E-state index in [1.807, 2.05) is 6.07 Å². The molecule has 0 spiro atoms. The Labute approximate surface area is 90.1 Å². The lowest BCUT2D eigenvalue weighted by Gasteiger charge is -2.15. The molecule has 2 rings (SSSR count). The molecule has 0 amide bonds. The lowest BCUT2D eigenvalue weighted by Crippen LogP contribution is -2.16. The Hall–Kier alpha value is -1.38. The highest BCUT2D eigenvalue weighted by molar-refractivity contribution is 5.54. The summed E-state index contributed by atoms with van der Waals surface area (Å²) in [6.07, 6.45) is 2.63. The van der Waals surface area contributed by atoms with Gasteiger partial charge < -0.3 is 15.2 Å². The summed E-state index contributed by atoms with van der Waals surface area (Å²) in [7, 11) is 1.55. The lowest BCUT2D eigenvalue weighted by molar-refractivity contribution is 0.373. The topological polar surface area (TPSA) is 41.5 Å². The largest absolute Gasteiger partial charge is 0.504 e. The van der Waals surface area contributed by atoms with Crippen molar-refractivity contribution in [2.45, 2.75) is 25.8 Å². The van der Waals surface area contributed by atoms with Crippen molar-refractivity contribution in [1.82, 2.24) is 0 Å². The van der Waals surface area contributed by atoms with Crippen LogP contribution in [0.5, 0.6) is 11.5 Å². The average Bonchev–Trinajstić information content (AvgIpc) is 3.01. The number of benzene rings is 1. The summed E-state index contributed by atoms with van der Waals surface area (Å²) in [5.74, 6) is 1.50. The highest BCUT2D eigenvalue weighted by Gasteiger charge is 2.27. The second kappa shape index (κ2) is 4.01. The van der Waals surface area contributed by atoms with Crippen LogP contribution in [0, 0.1) is 5.92 Å². The van der Waals surface area contributed by atoms with Crippen molar-refractivity contribution in [3.8, 4) is 11.5 Å². The number of phenolic OH excluding ortho intramolecular Hbond substituents is 1. The van der Waals surface area contributed by atoms with Crippen LogP contribution in [0.25, 0.3) is 0 Å². The zero-order chi connectivity index (χ0) is 10.8. The van der Waals surface area contributed by atoms with Gasteiger partial charge in [0.15, 0.2) is 11.5 Å². The first kappa shape index (κ1) is 10.1. The Bertz CT molecular complexity index is 347. The lowest BCUT2D eigenvalue weighted by atomic mass is 10.2. The molecule has 1 unspecified atom stereocenters. The number of nitrogens with one attached hydrogen (secondary N) is 1. The maximum Gasteiger partial charge on any atom is 0.160 e. The van der Waals surface area contributed by atoms with Crippen molar-refractivity contribution in [2.24, 2.45) is 5.92 Å². The zero-order valence-corrected chi connectivity index (χ0v) is 9.16. The first-order valence-electron chi connectivity index (χ1n) is 5.34. The summed E-state index contributed by atoms with van der Waals surface area (Å²) in [5.41, 5.74) is 0.952. The highest BCUT2D eigenvalue weighted by atomic mass is 16.5. The van der Waals surface area contributed by atoms with E-state index in [1.165, 1.54) is 12.8 Å². The molecule has 0 radical (unpaired) electrons. The second-order valence-electron chi connectivity index (χ2n) is 4.16. The third kappa shape index (κ3) is 2.35. The summed E-state index contributed by atoms with van der Waals surface area (Å²) < 4.78 is 4.99. The molecule has 1 saturated carbocycles. The normalized spacial score (nSPS) is 17.2. The average molecular weight is 207 g/mol. The van der Waals surface area contributed by atoms with Crippen molar-refractivity contribution in [3.05, 3.63) is 18.2 Å². The van der Waals surface area contributed by atoms with Gasteiger partial charge >= 0.3 is 0 Å². The van der Waals surface area contributed by atoms with E-state index in [0.717, 1.165) is 11.6 Å². The van der Waals surface area contributed by atoms with Gasteiger partial charge in [-0.05, 0) is 37.8 Å². The number of methoxy groups -OCH3 is 1. The Morgan fingerprint density at radius 3 is 2.73 bits per heavy atom. The molecule has 15 heavy (non-hydrogen) atoms. The maximum atomic E-state index is 9.59. The number of rotatable bonds is 4. The molecule has 1 fully saturated rings. The van der Waals surface area contributed by atoms with E-state index in [9.17, 15) is 5.11 Å². The summed E-state index contributed by atoms with van der Waals surface area (Å²) in [6, 6.07) is 5.89. The van der Waals surface area contributed by atoms with E-state index in [2.05, 4.69) is 12.2 Å². The van der Waals surface area contributed by atoms with Gasteiger partial charge in [-0.3, -0.25) is 0 Å². The number of aromatic hydroxyl groups is 1. The third-order valence-electron chi connectivity index (χ3n) is 2.90. The standard InChI is InChI=1S/C12H17NO2/c1-8(9-3-4-9)13-10-5-6-12(15-2)11(14)7-10/h5-9,13-14H,3-4H2,1-2H3. The van der Waals surface area contributed by atoms with E-state index in [1.54, 1.807) is 19.2 Å². The fourth-order valence-electron chi connectivity index (χ4n) is 1.76. The summed E-state index contributed by atoms with van der Waals surface area (Å²) in [4.78, 5) is 0. The molecule has 1 aromatic rings. The van der Waals surface area contributed by atoms with Crippen molar-refractivity contribution in [1.29, 1.82) is 0 Å². The Morgan fingerprint density at radius 2 is 2.20 bits per heavy atom. The smallest absolute Gasteiger partial charge is 0.160 e. The fourth-order valence-corrected chi connectivity index (χ4v) is 1.76. The van der Waals surface area contributed by atoms with Gasteiger partial charge in [-0.25, -0.2) is 0 Å². The molecule has 1 atom stereocenters. The molecule has 1 aliphatic rings. The van der Waals surface area contributed by atoms with Crippen molar-refractivity contribution < 1.29 is 9.84 Å². The number of ether oxygens (including phenoxy) is 1. The van der Waals surface area contributed by atoms with Crippen LogP contribution in [0.15, 0.2) is 18.2 Å². The van der Waals surface area contributed by atoms with Gasteiger partial charge in [-0.2, -0.15) is 0 Å². The third-order valence-corrected chi connectivity index (χ3v) is 2.90. The van der Waals surface area contributed by atoms with Crippen LogP contribution in [-0.4, -0.2) is 18.3 Å². The molecule has 1 aromatic carbocycles. The van der Waals surface area contributed by atoms with Crippen molar-refractivity contribution in [2.75, 3.05) is 12.4 Å². The van der Waals surface area contributed by atoms with Gasteiger partial charge in [-0.15, -0.1) is 0 Å². The minimum Gasteiger partial charge on any atom is -0.504 e. The van der Waals surface area contributed by atoms with Crippen molar-refractivity contribution >= 4 is 5.69 Å². The van der Waals surface area contributed by atoms with Gasteiger partial charge in [0.05, 0.1) is 7.11 Å². The van der Waals surface area contributed by atoms with E-state index >= 15 is 0 Å². The molecular weight excluding hydrogens is 190 g/mol. The number of hydrogen-bond acceptors (Lipinski definition) is 3. The molecule has 3 nitrogen and oxygen atoms in total. The molecule has 0 aromatic heterocycles. The quantitative estimate of drug-likeness (QED) is 0.797. The van der Waals surface area contributed by atoms with E-state index in [-0.39, 0.29) is 5.75 Å². The van der Waals surface area contributed by atoms with Gasteiger partial charge in [0.25, 0.3) is 0 Å². The van der Waals surface area contributed by atoms with E-state index in [4.69, 9.17) is 4.74 Å². The summed E-state index contributed by atoms with van der Waals surface area (Å²) in [5, 5.41) is 13.0. The van der Waals surface area contributed by atoms with Crippen LogP contribution in [0.1, 0.15) is 19.8 Å². The Morgan fingerprint density at radius 1 is 1.47 bits per heavy atom. The first-order chi connectivity index (χ1) is 7.20. The maximum absolute atomic E-state index is 9.59. The van der Waals surface area contributed by atoms with Crippen molar-refractivity contribution in [3.63, 3.8) is 0 Å². The molecule has 3 heteroatoms. The molecule has 0 bridgehead atoms. The van der Waals surface area contributed by atoms with Gasteiger partial charge in [-0.1, -0.05) is 0 Å². The number of phenols is 1. The highest BCUT2D eigenvalue weighted by Crippen LogP contribution is 2.35. The van der Waals surface area contributed by atoms with Crippen LogP contribution in [-0.2, 0) is 0 Å². The predicted octanol–water partition coefficient (Wildman–Crippen LogP) is 2.61. The predicted molar refractivity (Wildman–Crippen MR) is 60.5 cm³/mol. The molecule has 0 heterocycles. The molecular formula is C12H17NO2. The number of hydrogen-bond donors (Lipinski definition) is 2. The molecule has 82 valence electrons. The van der Waals surface area contributed by atoms with E-state index in [0.29, 0.717) is 11.8 Å². The molecule has 1 aliphatic carbocycles. The Balaban J connectivity index is 2.05.